The Kier molecular flexibility index (Phi) is 6.95. The van der Waals surface area contributed by atoms with E-state index in [0.717, 1.165) is 26.1 Å². The molecular formula is C15H24F2N2. The predicted molar refractivity (Wildman–Crippen MR) is 75.1 cm³/mol. The Morgan fingerprint density at radius 1 is 1.11 bits per heavy atom. The Morgan fingerprint density at radius 3 is 2.47 bits per heavy atom. The maximum atomic E-state index is 13.7. The molecule has 0 saturated carbocycles. The van der Waals surface area contributed by atoms with Crippen LogP contribution < -0.4 is 10.6 Å². The Hall–Kier alpha value is -1.00. The maximum absolute atomic E-state index is 13.7. The molecule has 0 fully saturated rings. The van der Waals surface area contributed by atoms with Crippen LogP contribution in [0.25, 0.3) is 0 Å². The van der Waals surface area contributed by atoms with Crippen molar-refractivity contribution in [2.45, 2.75) is 33.7 Å². The summed E-state index contributed by atoms with van der Waals surface area (Å²) in [6.07, 6.45) is 0.946. The van der Waals surface area contributed by atoms with Gasteiger partial charge in [-0.2, -0.15) is 0 Å². The van der Waals surface area contributed by atoms with Crippen LogP contribution in [0.5, 0.6) is 0 Å². The van der Waals surface area contributed by atoms with E-state index in [1.165, 1.54) is 12.1 Å². The van der Waals surface area contributed by atoms with Crippen LogP contribution in [0.2, 0.25) is 0 Å². The summed E-state index contributed by atoms with van der Waals surface area (Å²) in [4.78, 5) is 0. The highest BCUT2D eigenvalue weighted by Gasteiger charge is 2.10. The smallest absolute Gasteiger partial charge is 0.133 e. The molecule has 0 bridgehead atoms. The first-order chi connectivity index (χ1) is 9.02. The molecule has 19 heavy (non-hydrogen) atoms. The molecule has 0 amide bonds. The largest absolute Gasteiger partial charge is 0.316 e. The van der Waals surface area contributed by atoms with Crippen LogP contribution in [0.1, 0.15) is 31.4 Å². The van der Waals surface area contributed by atoms with Gasteiger partial charge in [0.15, 0.2) is 0 Å². The second-order valence-corrected chi connectivity index (χ2v) is 5.29. The van der Waals surface area contributed by atoms with Gasteiger partial charge in [0.05, 0.1) is 0 Å². The summed E-state index contributed by atoms with van der Waals surface area (Å²) < 4.78 is 27.1. The monoisotopic (exact) mass is 270 g/mol. The number of nitrogens with one attached hydrogen (secondary N) is 2. The standard InChI is InChI=1S/C15H24F2N2/c1-11(2)9-18-7-4-8-19-10-13-14(16)6-5-12(3)15(13)17/h5-6,11,18-19H,4,7-10H2,1-3H3. The summed E-state index contributed by atoms with van der Waals surface area (Å²) in [5.41, 5.74) is 0.618. The van der Waals surface area contributed by atoms with Crippen molar-refractivity contribution in [2.75, 3.05) is 19.6 Å². The molecule has 0 atom stereocenters. The van der Waals surface area contributed by atoms with E-state index < -0.39 is 11.6 Å². The van der Waals surface area contributed by atoms with Gasteiger partial charge in [0.1, 0.15) is 11.6 Å². The maximum Gasteiger partial charge on any atom is 0.133 e. The topological polar surface area (TPSA) is 24.1 Å². The number of hydrogen-bond donors (Lipinski definition) is 2. The van der Waals surface area contributed by atoms with Crippen LogP contribution in [0.4, 0.5) is 8.78 Å². The van der Waals surface area contributed by atoms with Crippen LogP contribution >= 0.6 is 0 Å². The highest BCUT2D eigenvalue weighted by molar-refractivity contribution is 5.26. The summed E-state index contributed by atoms with van der Waals surface area (Å²) in [5.74, 6) is -0.276. The number of aryl methyl sites for hydroxylation is 1. The van der Waals surface area contributed by atoms with Crippen molar-refractivity contribution in [2.24, 2.45) is 5.92 Å². The number of benzene rings is 1. The van der Waals surface area contributed by atoms with E-state index in [0.29, 0.717) is 11.5 Å². The van der Waals surface area contributed by atoms with Gasteiger partial charge in [-0.05, 0) is 50.5 Å². The van der Waals surface area contributed by atoms with Gasteiger partial charge in [0, 0.05) is 12.1 Å². The van der Waals surface area contributed by atoms with E-state index in [1.54, 1.807) is 6.92 Å². The third kappa shape index (κ3) is 5.66. The highest BCUT2D eigenvalue weighted by Crippen LogP contribution is 2.15. The van der Waals surface area contributed by atoms with E-state index in [1.807, 2.05) is 0 Å². The molecule has 1 aromatic rings. The minimum Gasteiger partial charge on any atom is -0.316 e. The lowest BCUT2D eigenvalue weighted by Gasteiger charge is -2.10. The molecule has 0 aliphatic carbocycles. The Bertz CT molecular complexity index is 392. The zero-order chi connectivity index (χ0) is 14.3. The molecule has 4 heteroatoms. The predicted octanol–water partition coefficient (Wildman–Crippen LogP) is 3.00. The van der Waals surface area contributed by atoms with E-state index in [4.69, 9.17) is 0 Å². The number of rotatable bonds is 8. The van der Waals surface area contributed by atoms with Crippen LogP contribution in [-0.2, 0) is 6.54 Å². The van der Waals surface area contributed by atoms with Gasteiger partial charge in [0.25, 0.3) is 0 Å². The minimum absolute atomic E-state index is 0.134. The molecular weight excluding hydrogens is 246 g/mol. The zero-order valence-electron chi connectivity index (χ0n) is 12.0. The van der Waals surface area contributed by atoms with Crippen LogP contribution in [0, 0.1) is 24.5 Å². The Labute approximate surface area is 114 Å². The molecule has 2 nitrogen and oxygen atoms in total. The van der Waals surface area contributed by atoms with Crippen molar-refractivity contribution in [1.82, 2.24) is 10.6 Å². The fourth-order valence-electron chi connectivity index (χ4n) is 1.82. The SMILES string of the molecule is Cc1ccc(F)c(CNCCCNCC(C)C)c1F. The fraction of sp³-hybridized carbons (Fsp3) is 0.600. The van der Waals surface area contributed by atoms with Crippen LogP contribution in [0.15, 0.2) is 12.1 Å². The molecule has 0 heterocycles. The lowest BCUT2D eigenvalue weighted by molar-refractivity contribution is 0.511. The first-order valence-corrected chi connectivity index (χ1v) is 6.87. The van der Waals surface area contributed by atoms with Gasteiger partial charge in [-0.1, -0.05) is 19.9 Å². The quantitative estimate of drug-likeness (QED) is 0.710. The highest BCUT2D eigenvalue weighted by atomic mass is 19.1. The summed E-state index contributed by atoms with van der Waals surface area (Å²) in [6.45, 7) is 8.88. The summed E-state index contributed by atoms with van der Waals surface area (Å²) in [6, 6.07) is 2.78. The lowest BCUT2D eigenvalue weighted by Crippen LogP contribution is -2.25. The molecule has 1 rings (SSSR count). The van der Waals surface area contributed by atoms with Crippen LogP contribution in [-0.4, -0.2) is 19.6 Å². The first-order valence-electron chi connectivity index (χ1n) is 6.87. The molecule has 2 N–H and O–H groups in total. The number of hydrogen-bond acceptors (Lipinski definition) is 2. The van der Waals surface area contributed by atoms with Crippen LogP contribution in [0.3, 0.4) is 0 Å². The van der Waals surface area contributed by atoms with Gasteiger partial charge in [0.2, 0.25) is 0 Å². The third-order valence-electron chi connectivity index (χ3n) is 2.94. The third-order valence-corrected chi connectivity index (χ3v) is 2.94. The summed E-state index contributed by atoms with van der Waals surface area (Å²) in [7, 11) is 0. The van der Waals surface area contributed by atoms with Crippen molar-refractivity contribution in [3.8, 4) is 0 Å². The molecule has 0 radical (unpaired) electrons. The Morgan fingerprint density at radius 2 is 1.79 bits per heavy atom. The molecule has 0 aliphatic rings. The molecule has 0 aliphatic heterocycles. The molecule has 0 spiro atoms. The van der Waals surface area contributed by atoms with E-state index in [2.05, 4.69) is 24.5 Å². The van der Waals surface area contributed by atoms with Crippen molar-refractivity contribution >= 4 is 0 Å². The molecule has 0 saturated heterocycles. The number of halogens is 2. The Balaban J connectivity index is 2.25. The minimum atomic E-state index is -0.478. The van der Waals surface area contributed by atoms with Gasteiger partial charge < -0.3 is 10.6 Å². The van der Waals surface area contributed by atoms with Gasteiger partial charge >= 0.3 is 0 Å². The normalized spacial score (nSPS) is 11.3. The molecule has 1 aromatic carbocycles. The first kappa shape index (κ1) is 16.1. The van der Waals surface area contributed by atoms with E-state index in [-0.39, 0.29) is 12.1 Å². The van der Waals surface area contributed by atoms with Gasteiger partial charge in [-0.15, -0.1) is 0 Å². The van der Waals surface area contributed by atoms with Crippen molar-refractivity contribution in [3.63, 3.8) is 0 Å². The van der Waals surface area contributed by atoms with Gasteiger partial charge in [-0.3, -0.25) is 0 Å². The van der Waals surface area contributed by atoms with E-state index in [9.17, 15) is 8.78 Å². The summed E-state index contributed by atoms with van der Waals surface area (Å²) >= 11 is 0. The lowest BCUT2D eigenvalue weighted by atomic mass is 10.1. The molecule has 0 unspecified atom stereocenters. The van der Waals surface area contributed by atoms with Crippen molar-refractivity contribution in [3.05, 3.63) is 34.9 Å². The average Bonchev–Trinajstić information content (AvgIpc) is 2.36. The van der Waals surface area contributed by atoms with Gasteiger partial charge in [-0.25, -0.2) is 8.78 Å². The average molecular weight is 270 g/mol. The van der Waals surface area contributed by atoms with E-state index >= 15 is 0 Å². The zero-order valence-corrected chi connectivity index (χ0v) is 12.0. The molecule has 0 aromatic heterocycles. The second-order valence-electron chi connectivity index (χ2n) is 5.29. The van der Waals surface area contributed by atoms with Crippen molar-refractivity contribution in [1.29, 1.82) is 0 Å². The second kappa shape index (κ2) is 8.23. The summed E-state index contributed by atoms with van der Waals surface area (Å²) in [5, 5.41) is 6.41. The molecule has 108 valence electrons. The fourth-order valence-corrected chi connectivity index (χ4v) is 1.82. The van der Waals surface area contributed by atoms with Crippen molar-refractivity contribution < 1.29 is 8.78 Å².